The number of nitrogens with one attached hydrogen (secondary N) is 1. The van der Waals surface area contributed by atoms with E-state index in [1.165, 1.54) is 0 Å². The fourth-order valence-corrected chi connectivity index (χ4v) is 1.39. The molecule has 0 amide bonds. The third-order valence-electron chi connectivity index (χ3n) is 1.29. The van der Waals surface area contributed by atoms with Gasteiger partial charge in [-0.05, 0) is 6.54 Å². The zero-order chi connectivity index (χ0) is 8.97. The summed E-state index contributed by atoms with van der Waals surface area (Å²) in [4.78, 5) is 14.3. The first kappa shape index (κ1) is 9.15. The number of hydrogen-bond donors (Lipinski definition) is 2. The van der Waals surface area contributed by atoms with Gasteiger partial charge in [0.15, 0.2) is 0 Å². The number of nitrogens with zero attached hydrogens (tertiary/aromatic N) is 1. The van der Waals surface area contributed by atoms with E-state index in [-0.39, 0.29) is 5.01 Å². The Hall–Kier alpha value is -0.940. The van der Waals surface area contributed by atoms with Gasteiger partial charge in [0.2, 0.25) is 5.01 Å². The summed E-state index contributed by atoms with van der Waals surface area (Å²) in [6, 6.07) is 0. The molecule has 1 heterocycles. The number of hydrogen-bond acceptors (Lipinski definition) is 4. The molecule has 0 unspecified atom stereocenters. The normalized spacial score (nSPS) is 10.1. The van der Waals surface area contributed by atoms with Crippen LogP contribution < -0.4 is 5.32 Å². The number of carboxylic acid groups (broad SMARTS) is 1. The van der Waals surface area contributed by atoms with Crippen LogP contribution in [0.4, 0.5) is 0 Å². The summed E-state index contributed by atoms with van der Waals surface area (Å²) < 4.78 is 0. The van der Waals surface area contributed by atoms with Gasteiger partial charge in [-0.25, -0.2) is 9.78 Å². The monoisotopic (exact) mass is 186 g/mol. The lowest BCUT2D eigenvalue weighted by Gasteiger charge is -1.94. The summed E-state index contributed by atoms with van der Waals surface area (Å²) in [6.45, 7) is 3.49. The Labute approximate surface area is 74.3 Å². The molecule has 1 rings (SSSR count). The lowest BCUT2D eigenvalue weighted by atomic mass is 10.5. The van der Waals surface area contributed by atoms with Gasteiger partial charge < -0.3 is 10.4 Å². The zero-order valence-corrected chi connectivity index (χ0v) is 7.52. The first-order valence-corrected chi connectivity index (χ1v) is 4.50. The Morgan fingerprint density at radius 1 is 1.83 bits per heavy atom. The topological polar surface area (TPSA) is 62.2 Å². The van der Waals surface area contributed by atoms with Crippen LogP contribution in [0.2, 0.25) is 0 Å². The predicted octanol–water partition coefficient (Wildman–Crippen LogP) is 0.951. The van der Waals surface area contributed by atoms with Crippen LogP contribution >= 0.6 is 11.3 Å². The van der Waals surface area contributed by atoms with Crippen LogP contribution in [-0.4, -0.2) is 22.6 Å². The van der Waals surface area contributed by atoms with Crippen LogP contribution in [-0.2, 0) is 6.54 Å². The van der Waals surface area contributed by atoms with Crippen molar-refractivity contribution in [3.05, 3.63) is 16.1 Å². The van der Waals surface area contributed by atoms with Crippen LogP contribution in [0.1, 0.15) is 22.4 Å². The van der Waals surface area contributed by atoms with Crippen LogP contribution in [0.25, 0.3) is 0 Å². The second kappa shape index (κ2) is 4.18. The highest BCUT2D eigenvalue weighted by Gasteiger charge is 2.07. The highest BCUT2D eigenvalue weighted by atomic mass is 32.1. The fraction of sp³-hybridized carbons (Fsp3) is 0.429. The quantitative estimate of drug-likeness (QED) is 0.735. The third-order valence-corrected chi connectivity index (χ3v) is 2.17. The van der Waals surface area contributed by atoms with Gasteiger partial charge in [0.1, 0.15) is 0 Å². The SMILES string of the molecule is CCNCc1csc(C(=O)O)n1. The standard InChI is InChI=1S/C7H10N2O2S/c1-2-8-3-5-4-12-6(9-5)7(10)11/h4,8H,2-3H2,1H3,(H,10,11). The molecule has 1 aromatic heterocycles. The molecular formula is C7H10N2O2S. The van der Waals surface area contributed by atoms with Crippen molar-refractivity contribution < 1.29 is 9.90 Å². The number of rotatable bonds is 4. The number of carboxylic acids is 1. The molecule has 0 fully saturated rings. The molecule has 0 saturated heterocycles. The summed E-state index contributed by atoms with van der Waals surface area (Å²) in [7, 11) is 0. The van der Waals surface area contributed by atoms with Gasteiger partial charge in [-0.15, -0.1) is 11.3 Å². The van der Waals surface area contributed by atoms with Crippen LogP contribution in [0, 0.1) is 0 Å². The molecule has 0 bridgehead atoms. The lowest BCUT2D eigenvalue weighted by Crippen LogP contribution is -2.12. The van der Waals surface area contributed by atoms with Crippen LogP contribution in [0.15, 0.2) is 5.38 Å². The smallest absolute Gasteiger partial charge is 0.365 e. The van der Waals surface area contributed by atoms with E-state index in [4.69, 9.17) is 5.11 Å². The molecule has 12 heavy (non-hydrogen) atoms. The molecule has 0 aliphatic heterocycles. The summed E-state index contributed by atoms with van der Waals surface area (Å²) >= 11 is 1.16. The van der Waals surface area contributed by atoms with Crippen molar-refractivity contribution in [3.63, 3.8) is 0 Å². The maximum atomic E-state index is 10.4. The van der Waals surface area contributed by atoms with Crippen molar-refractivity contribution in [1.29, 1.82) is 0 Å². The first-order valence-electron chi connectivity index (χ1n) is 3.62. The second-order valence-corrected chi connectivity index (χ2v) is 3.09. The predicted molar refractivity (Wildman–Crippen MR) is 46.5 cm³/mol. The van der Waals surface area contributed by atoms with Crippen molar-refractivity contribution in [2.24, 2.45) is 0 Å². The molecule has 0 saturated carbocycles. The lowest BCUT2D eigenvalue weighted by molar-refractivity contribution is 0.0696. The van der Waals surface area contributed by atoms with E-state index in [0.29, 0.717) is 6.54 Å². The third kappa shape index (κ3) is 2.28. The molecule has 0 atom stereocenters. The molecule has 0 spiro atoms. The van der Waals surface area contributed by atoms with E-state index >= 15 is 0 Å². The number of aromatic carboxylic acids is 1. The van der Waals surface area contributed by atoms with Crippen molar-refractivity contribution in [1.82, 2.24) is 10.3 Å². The van der Waals surface area contributed by atoms with Gasteiger partial charge in [-0.1, -0.05) is 6.92 Å². The minimum Gasteiger partial charge on any atom is -0.476 e. The van der Waals surface area contributed by atoms with Gasteiger partial charge in [0.05, 0.1) is 5.69 Å². The highest BCUT2D eigenvalue weighted by molar-refractivity contribution is 7.11. The van der Waals surface area contributed by atoms with Gasteiger partial charge in [-0.2, -0.15) is 0 Å². The Morgan fingerprint density at radius 3 is 3.08 bits per heavy atom. The summed E-state index contributed by atoms with van der Waals surface area (Å²) in [5.74, 6) is -0.956. The van der Waals surface area contributed by atoms with Crippen molar-refractivity contribution >= 4 is 17.3 Å². The molecular weight excluding hydrogens is 176 g/mol. The first-order chi connectivity index (χ1) is 5.74. The molecule has 1 aromatic rings. The Morgan fingerprint density at radius 2 is 2.58 bits per heavy atom. The Bertz CT molecular complexity index is 272. The molecule has 0 aromatic carbocycles. The Kier molecular flexibility index (Phi) is 3.19. The molecule has 5 heteroatoms. The maximum absolute atomic E-state index is 10.4. The molecule has 2 N–H and O–H groups in total. The molecule has 0 aliphatic rings. The summed E-state index contributed by atoms with van der Waals surface area (Å²) in [6.07, 6.45) is 0. The zero-order valence-electron chi connectivity index (χ0n) is 6.70. The number of thiazole rings is 1. The summed E-state index contributed by atoms with van der Waals surface area (Å²) in [5.41, 5.74) is 0.791. The van der Waals surface area contributed by atoms with Gasteiger partial charge in [0, 0.05) is 11.9 Å². The van der Waals surface area contributed by atoms with Crippen molar-refractivity contribution in [2.45, 2.75) is 13.5 Å². The maximum Gasteiger partial charge on any atom is 0.365 e. The van der Waals surface area contributed by atoms with E-state index in [1.54, 1.807) is 5.38 Å². The van der Waals surface area contributed by atoms with Crippen molar-refractivity contribution in [3.8, 4) is 0 Å². The van der Waals surface area contributed by atoms with E-state index in [9.17, 15) is 4.79 Å². The number of aromatic nitrogens is 1. The number of carbonyl (C=O) groups is 1. The Balaban J connectivity index is 2.58. The second-order valence-electron chi connectivity index (χ2n) is 2.23. The van der Waals surface area contributed by atoms with Crippen LogP contribution in [0.5, 0.6) is 0 Å². The van der Waals surface area contributed by atoms with E-state index < -0.39 is 5.97 Å². The minimum absolute atomic E-state index is 0.155. The minimum atomic E-state index is -0.956. The highest BCUT2D eigenvalue weighted by Crippen LogP contribution is 2.08. The molecule has 0 radical (unpaired) electrons. The van der Waals surface area contributed by atoms with Crippen molar-refractivity contribution in [2.75, 3.05) is 6.54 Å². The van der Waals surface area contributed by atoms with E-state index in [0.717, 1.165) is 23.6 Å². The molecule has 66 valence electrons. The van der Waals surface area contributed by atoms with Gasteiger partial charge in [-0.3, -0.25) is 0 Å². The average Bonchev–Trinajstić information content (AvgIpc) is 2.48. The fourth-order valence-electron chi connectivity index (χ4n) is 0.739. The largest absolute Gasteiger partial charge is 0.476 e. The molecule has 0 aliphatic carbocycles. The summed E-state index contributed by atoms with van der Waals surface area (Å²) in [5, 5.41) is 13.5. The van der Waals surface area contributed by atoms with E-state index in [2.05, 4.69) is 10.3 Å². The van der Waals surface area contributed by atoms with Gasteiger partial charge in [0.25, 0.3) is 0 Å². The van der Waals surface area contributed by atoms with Gasteiger partial charge >= 0.3 is 5.97 Å². The van der Waals surface area contributed by atoms with E-state index in [1.807, 2.05) is 6.92 Å². The van der Waals surface area contributed by atoms with Crippen LogP contribution in [0.3, 0.4) is 0 Å². The average molecular weight is 186 g/mol. The molecule has 4 nitrogen and oxygen atoms in total.